The molecule has 21 heavy (non-hydrogen) atoms. The quantitative estimate of drug-likeness (QED) is 0.253. The van der Waals surface area contributed by atoms with Gasteiger partial charge in [0.2, 0.25) is 0 Å². The number of aliphatic imine (C=N–C) groups is 1. The predicted molar refractivity (Wildman–Crippen MR) is 63.1 cm³/mol. The molecule has 0 saturated carbocycles. The minimum atomic E-state index is -4.50. The summed E-state index contributed by atoms with van der Waals surface area (Å²) in [7, 11) is -4.50. The van der Waals surface area contributed by atoms with E-state index < -0.39 is 55.8 Å². The Balaban J connectivity index is 2.18. The van der Waals surface area contributed by atoms with Crippen molar-refractivity contribution in [3.8, 4) is 0 Å². The van der Waals surface area contributed by atoms with Gasteiger partial charge in [-0.2, -0.15) is 0 Å². The summed E-state index contributed by atoms with van der Waals surface area (Å²) in [4.78, 5) is 32.6. The van der Waals surface area contributed by atoms with Gasteiger partial charge >= 0.3 is 19.2 Å². The highest BCUT2D eigenvalue weighted by atomic mass is 31.2. The van der Waals surface area contributed by atoms with E-state index in [1.807, 2.05) is 0 Å². The van der Waals surface area contributed by atoms with Gasteiger partial charge in [0, 0.05) is 0 Å². The molecule has 2 aliphatic rings. The van der Waals surface area contributed by atoms with E-state index in [1.165, 1.54) is 0 Å². The zero-order chi connectivity index (χ0) is 15.9. The maximum absolute atomic E-state index is 11.8. The van der Waals surface area contributed by atoms with Crippen molar-refractivity contribution in [3.05, 3.63) is 11.6 Å². The van der Waals surface area contributed by atoms with Crippen LogP contribution in [0, 0.1) is 0 Å². The molecular formula is C9H12N3O8P. The molecule has 2 aliphatic heterocycles. The minimum Gasteiger partial charge on any atom is -0.789 e. The number of amides is 1. The zero-order valence-corrected chi connectivity index (χ0v) is 11.3. The average molecular weight is 321 g/mol. The lowest BCUT2D eigenvalue weighted by atomic mass is 10.1. The number of hydrogen-bond donors (Lipinski definition) is 5. The molecule has 0 aliphatic carbocycles. The van der Waals surface area contributed by atoms with Crippen LogP contribution in [-0.4, -0.2) is 67.8 Å². The molecule has 0 aromatic rings. The van der Waals surface area contributed by atoms with Gasteiger partial charge in [-0.15, -0.1) is 4.90 Å². The summed E-state index contributed by atoms with van der Waals surface area (Å²) in [6.45, 7) is 0. The molecule has 0 spiro atoms. The van der Waals surface area contributed by atoms with Crippen molar-refractivity contribution in [3.63, 3.8) is 0 Å². The molecule has 0 aromatic heterocycles. The average Bonchev–Trinajstić information content (AvgIpc) is 2.83. The first kappa shape index (κ1) is 15.8. The van der Waals surface area contributed by atoms with Crippen molar-refractivity contribution < 1.29 is 39.2 Å². The van der Waals surface area contributed by atoms with E-state index in [-0.39, 0.29) is 0 Å². The van der Waals surface area contributed by atoms with E-state index in [0.29, 0.717) is 4.90 Å². The minimum absolute atomic E-state index is 0.605. The second kappa shape index (κ2) is 5.32. The number of nitrogens with zero attached hydrogens (tertiary/aromatic N) is 2. The Kier molecular flexibility index (Phi) is 4.00. The van der Waals surface area contributed by atoms with Gasteiger partial charge in [0.1, 0.15) is 18.3 Å². The lowest BCUT2D eigenvalue weighted by Gasteiger charge is -2.21. The van der Waals surface area contributed by atoms with Gasteiger partial charge in [-0.3, -0.25) is 4.57 Å². The summed E-state index contributed by atoms with van der Waals surface area (Å²) in [6, 6.07) is 0. The lowest BCUT2D eigenvalue weighted by molar-refractivity contribution is -0.335. The highest BCUT2D eigenvalue weighted by Gasteiger charge is 2.51. The van der Waals surface area contributed by atoms with E-state index in [2.05, 4.69) is 11.3 Å². The fourth-order valence-electron chi connectivity index (χ4n) is 1.97. The summed E-state index contributed by atoms with van der Waals surface area (Å²) in [5.74, 6) is -2.09. The maximum atomic E-state index is 11.8. The summed E-state index contributed by atoms with van der Waals surface area (Å²) in [5.41, 5.74) is 4.28. The van der Waals surface area contributed by atoms with E-state index in [1.54, 1.807) is 0 Å². The molecule has 0 bridgehead atoms. The van der Waals surface area contributed by atoms with E-state index in [9.17, 15) is 24.7 Å². The van der Waals surface area contributed by atoms with Gasteiger partial charge in [-0.25, -0.2) is 4.79 Å². The molecule has 0 aromatic carbocycles. The van der Waals surface area contributed by atoms with Crippen LogP contribution in [0.4, 0.5) is 0 Å². The molecule has 6 N–H and O–H groups in total. The molecule has 116 valence electrons. The van der Waals surface area contributed by atoms with Crippen molar-refractivity contribution in [1.29, 1.82) is 0 Å². The first-order valence-electron chi connectivity index (χ1n) is 5.64. The number of rotatable bonds is 4. The molecular weight excluding hydrogens is 309 g/mol. The van der Waals surface area contributed by atoms with Crippen LogP contribution >= 0.6 is 7.60 Å². The van der Waals surface area contributed by atoms with Gasteiger partial charge < -0.3 is 35.6 Å². The summed E-state index contributed by atoms with van der Waals surface area (Å²) in [5, 5.41) is 31.3. The molecule has 1 amide bonds. The van der Waals surface area contributed by atoms with Gasteiger partial charge in [0.25, 0.3) is 6.34 Å². The first-order valence-corrected chi connectivity index (χ1v) is 7.44. The van der Waals surface area contributed by atoms with E-state index >= 15 is 0 Å². The van der Waals surface area contributed by atoms with Crippen molar-refractivity contribution in [1.82, 2.24) is 4.90 Å². The van der Waals surface area contributed by atoms with Crippen LogP contribution in [0.1, 0.15) is 0 Å². The highest BCUT2D eigenvalue weighted by Crippen LogP contribution is 2.40. The molecule has 12 heteroatoms. The molecule has 2 rings (SSSR count). The van der Waals surface area contributed by atoms with Crippen LogP contribution in [-0.2, 0) is 14.1 Å². The Morgan fingerprint density at radius 3 is 2.57 bits per heavy atom. The van der Waals surface area contributed by atoms with Crippen molar-refractivity contribution in [2.24, 2.45) is 10.7 Å². The largest absolute Gasteiger partial charge is 0.789 e. The third-order valence-corrected chi connectivity index (χ3v) is 3.77. The van der Waals surface area contributed by atoms with Crippen molar-refractivity contribution >= 4 is 19.8 Å². The van der Waals surface area contributed by atoms with Crippen LogP contribution in [0.2, 0.25) is 0 Å². The number of carbonyl (C=O) groups excluding carboxylic acids is 1. The Morgan fingerprint density at radius 2 is 2.10 bits per heavy atom. The molecule has 0 unspecified atom stereocenters. The first-order chi connectivity index (χ1) is 9.61. The van der Waals surface area contributed by atoms with Crippen LogP contribution in [0.15, 0.2) is 16.6 Å². The third kappa shape index (κ3) is 3.04. The SMILES string of the molecule is NC(=O)C1=C([O-])N([C@@H]2O[C@H](CP(=O)(O)O)[C@@H](O)[C@H]2O)[C+]=N1. The van der Waals surface area contributed by atoms with Crippen molar-refractivity contribution in [2.45, 2.75) is 24.5 Å². The number of aliphatic hydroxyl groups excluding tert-OH is 2. The van der Waals surface area contributed by atoms with Crippen LogP contribution in [0.3, 0.4) is 0 Å². The van der Waals surface area contributed by atoms with Crippen LogP contribution in [0.25, 0.3) is 0 Å². The second-order valence-corrected chi connectivity index (χ2v) is 6.19. The molecule has 11 nitrogen and oxygen atoms in total. The smallest absolute Gasteiger partial charge is 0.339 e. The topological polar surface area (TPSA) is 189 Å². The fourth-order valence-corrected chi connectivity index (χ4v) is 2.74. The van der Waals surface area contributed by atoms with Gasteiger partial charge in [0.05, 0.1) is 6.16 Å². The van der Waals surface area contributed by atoms with Gasteiger partial charge in [-0.1, -0.05) is 0 Å². The molecule has 1 fully saturated rings. The highest BCUT2D eigenvalue weighted by molar-refractivity contribution is 7.51. The molecule has 4 atom stereocenters. The third-order valence-electron chi connectivity index (χ3n) is 2.93. The predicted octanol–water partition coefficient (Wildman–Crippen LogP) is -4.15. The number of carbonyl (C=O) groups is 1. The molecule has 0 radical (unpaired) electrons. The van der Waals surface area contributed by atoms with Gasteiger partial charge in [-0.05, 0) is 4.99 Å². The maximum Gasteiger partial charge on any atom is 0.339 e. The standard InChI is InChI=1S/C9H12N3O8P/c10-7(15)4-8(16)12(2-11-4)9-6(14)5(13)3(20-9)1-21(17,18)19/h3,5-6,9,13-14H,1H2,(H4-,10,15,16,17,18,19)/t3-,5-,6-,9-/m1/s1. The number of nitrogens with two attached hydrogens (primary N) is 1. The number of aliphatic hydroxyl groups is 2. The van der Waals surface area contributed by atoms with Crippen LogP contribution in [0.5, 0.6) is 0 Å². The zero-order valence-electron chi connectivity index (χ0n) is 10.4. The number of hydrogen-bond acceptors (Lipinski definition) is 8. The van der Waals surface area contributed by atoms with Crippen molar-refractivity contribution in [2.75, 3.05) is 6.16 Å². The van der Waals surface area contributed by atoms with E-state index in [0.717, 1.165) is 0 Å². The van der Waals surface area contributed by atoms with Gasteiger partial charge in [0.15, 0.2) is 12.1 Å². The lowest BCUT2D eigenvalue weighted by Crippen LogP contribution is -2.44. The van der Waals surface area contributed by atoms with E-state index in [4.69, 9.17) is 20.3 Å². The Morgan fingerprint density at radius 1 is 1.48 bits per heavy atom. The van der Waals surface area contributed by atoms with Crippen LogP contribution < -0.4 is 10.8 Å². The number of primary amides is 1. The fraction of sp³-hybridized carbons (Fsp3) is 0.556. The summed E-state index contributed by atoms with van der Waals surface area (Å²) in [6.07, 6.45) is -4.90. The number of ether oxygens (including phenoxy) is 1. The monoisotopic (exact) mass is 321 g/mol. The molecule has 1 saturated heterocycles. The Labute approximate surface area is 118 Å². The summed E-state index contributed by atoms with van der Waals surface area (Å²) >= 11 is 0. The Hall–Kier alpha value is -1.58. The summed E-state index contributed by atoms with van der Waals surface area (Å²) < 4.78 is 16.0. The second-order valence-electron chi connectivity index (χ2n) is 4.49. The normalized spacial score (nSPS) is 32.7. The molecule has 2 heterocycles. The Bertz CT molecular complexity index is 557.